The molecule has 4 nitrogen and oxygen atoms in total. The molecule has 2 rings (SSSR count). The molecule has 1 N–H and O–H groups in total. The lowest BCUT2D eigenvalue weighted by Gasteiger charge is -2.13. The number of hydrogen-bond acceptors (Lipinski definition) is 5. The van der Waals surface area contributed by atoms with Crippen LogP contribution in [0.3, 0.4) is 0 Å². The molecule has 128 valence electrons. The Labute approximate surface area is 150 Å². The van der Waals surface area contributed by atoms with E-state index in [1.807, 2.05) is 49.6 Å². The van der Waals surface area contributed by atoms with Crippen molar-refractivity contribution in [3.8, 4) is 0 Å². The van der Waals surface area contributed by atoms with E-state index in [-0.39, 0.29) is 24.2 Å². The fourth-order valence-corrected chi connectivity index (χ4v) is 3.86. The van der Waals surface area contributed by atoms with E-state index in [0.717, 1.165) is 29.0 Å². The number of hydrogen-bond donors (Lipinski definition) is 1. The molecule has 1 amide bonds. The second-order valence-electron chi connectivity index (χ2n) is 5.24. The van der Waals surface area contributed by atoms with Crippen molar-refractivity contribution in [3.05, 3.63) is 51.7 Å². The third-order valence-corrected chi connectivity index (χ3v) is 5.43. The van der Waals surface area contributed by atoms with Gasteiger partial charge in [-0.3, -0.25) is 9.59 Å². The Morgan fingerprint density at radius 1 is 1.25 bits per heavy atom. The molecule has 0 aliphatic rings. The van der Waals surface area contributed by atoms with Gasteiger partial charge in [-0.1, -0.05) is 31.2 Å². The van der Waals surface area contributed by atoms with Crippen LogP contribution in [0.25, 0.3) is 0 Å². The highest BCUT2D eigenvalue weighted by atomic mass is 32.2. The van der Waals surface area contributed by atoms with Crippen LogP contribution in [0.4, 0.5) is 5.69 Å². The van der Waals surface area contributed by atoms with Crippen molar-refractivity contribution in [2.75, 3.05) is 17.7 Å². The zero-order valence-electron chi connectivity index (χ0n) is 13.8. The molecule has 0 saturated carbocycles. The molecule has 0 atom stereocenters. The summed E-state index contributed by atoms with van der Waals surface area (Å²) in [5.74, 6) is 0.348. The Kier molecular flexibility index (Phi) is 7.34. The normalized spacial score (nSPS) is 10.4. The number of ether oxygens (including phenoxy) is 1. The predicted molar refractivity (Wildman–Crippen MR) is 101 cm³/mol. The summed E-state index contributed by atoms with van der Waals surface area (Å²) < 4.78 is 5.04. The average molecular weight is 364 g/mol. The van der Waals surface area contributed by atoms with Gasteiger partial charge in [0.25, 0.3) is 5.91 Å². The largest absolute Gasteiger partial charge is 0.455 e. The van der Waals surface area contributed by atoms with Gasteiger partial charge in [0.15, 0.2) is 6.61 Å². The first-order chi connectivity index (χ1) is 11.6. The van der Waals surface area contributed by atoms with Gasteiger partial charge in [-0.15, -0.1) is 23.1 Å². The van der Waals surface area contributed by atoms with E-state index < -0.39 is 0 Å². The minimum Gasteiger partial charge on any atom is -0.455 e. The number of carbonyl (C=O) groups is 2. The smallest absolute Gasteiger partial charge is 0.316 e. The molecular formula is C18H21NO3S2. The van der Waals surface area contributed by atoms with Crippen LogP contribution in [-0.2, 0) is 26.5 Å². The zero-order valence-corrected chi connectivity index (χ0v) is 15.5. The summed E-state index contributed by atoms with van der Waals surface area (Å²) in [6.45, 7) is 3.73. The topological polar surface area (TPSA) is 55.4 Å². The van der Waals surface area contributed by atoms with E-state index in [0.29, 0.717) is 0 Å². The van der Waals surface area contributed by atoms with Crippen LogP contribution < -0.4 is 5.32 Å². The van der Waals surface area contributed by atoms with Crippen LogP contribution in [0, 0.1) is 6.92 Å². The van der Waals surface area contributed by atoms with E-state index in [2.05, 4.69) is 5.32 Å². The molecule has 1 aromatic carbocycles. The van der Waals surface area contributed by atoms with Crippen molar-refractivity contribution in [3.63, 3.8) is 0 Å². The van der Waals surface area contributed by atoms with Gasteiger partial charge in [0, 0.05) is 16.3 Å². The van der Waals surface area contributed by atoms with Gasteiger partial charge >= 0.3 is 5.97 Å². The van der Waals surface area contributed by atoms with Crippen LogP contribution in [0.2, 0.25) is 0 Å². The molecule has 0 fully saturated rings. The second-order valence-corrected chi connectivity index (χ2v) is 7.26. The molecular weight excluding hydrogens is 342 g/mol. The Morgan fingerprint density at radius 2 is 2.08 bits per heavy atom. The van der Waals surface area contributed by atoms with Crippen molar-refractivity contribution < 1.29 is 14.3 Å². The predicted octanol–water partition coefficient (Wildman–Crippen LogP) is 4.03. The number of amides is 1. The average Bonchev–Trinajstić information content (AvgIpc) is 3.08. The van der Waals surface area contributed by atoms with Crippen molar-refractivity contribution >= 4 is 40.7 Å². The molecule has 0 unspecified atom stereocenters. The van der Waals surface area contributed by atoms with Gasteiger partial charge in [-0.05, 0) is 35.9 Å². The van der Waals surface area contributed by atoms with Crippen LogP contribution in [0.15, 0.2) is 35.7 Å². The maximum Gasteiger partial charge on any atom is 0.316 e. The van der Waals surface area contributed by atoms with E-state index in [9.17, 15) is 9.59 Å². The number of nitrogens with one attached hydrogen (secondary N) is 1. The van der Waals surface area contributed by atoms with Crippen molar-refractivity contribution in [1.82, 2.24) is 0 Å². The lowest BCUT2D eigenvalue weighted by Crippen LogP contribution is -2.22. The number of carbonyl (C=O) groups excluding carboxylic acids is 2. The minimum atomic E-state index is -0.368. The highest BCUT2D eigenvalue weighted by molar-refractivity contribution is 7.99. The zero-order chi connectivity index (χ0) is 17.4. The van der Waals surface area contributed by atoms with Gasteiger partial charge in [0.2, 0.25) is 0 Å². The number of thioether (sulfide) groups is 1. The Morgan fingerprint density at radius 3 is 2.79 bits per heavy atom. The molecule has 0 bridgehead atoms. The summed E-state index contributed by atoms with van der Waals surface area (Å²) in [7, 11) is 0. The summed E-state index contributed by atoms with van der Waals surface area (Å²) in [6, 6.07) is 9.91. The number of benzene rings is 1. The number of esters is 1. The quantitative estimate of drug-likeness (QED) is 0.719. The lowest BCUT2D eigenvalue weighted by atomic mass is 10.1. The summed E-state index contributed by atoms with van der Waals surface area (Å²) in [5.41, 5.74) is 2.88. The number of aryl methyl sites for hydroxylation is 2. The van der Waals surface area contributed by atoms with Crippen LogP contribution in [-0.4, -0.2) is 24.2 Å². The fourth-order valence-electron chi connectivity index (χ4n) is 2.19. The summed E-state index contributed by atoms with van der Waals surface area (Å²) in [6.07, 6.45) is 0.830. The molecule has 1 aromatic heterocycles. The molecule has 0 aliphatic carbocycles. The van der Waals surface area contributed by atoms with Crippen LogP contribution >= 0.6 is 23.1 Å². The molecule has 0 radical (unpaired) electrons. The first-order valence-corrected chi connectivity index (χ1v) is 9.77. The maximum absolute atomic E-state index is 12.0. The maximum atomic E-state index is 12.0. The highest BCUT2D eigenvalue weighted by Crippen LogP contribution is 2.21. The Bertz CT molecular complexity index is 684. The van der Waals surface area contributed by atoms with Crippen molar-refractivity contribution in [2.45, 2.75) is 26.0 Å². The van der Waals surface area contributed by atoms with Crippen LogP contribution in [0.1, 0.15) is 22.9 Å². The number of para-hydroxylation sites is 1. The molecule has 2 aromatic rings. The lowest BCUT2D eigenvalue weighted by molar-refractivity contribution is -0.144. The van der Waals surface area contributed by atoms with Gasteiger partial charge in [0.1, 0.15) is 0 Å². The monoisotopic (exact) mass is 363 g/mol. The first-order valence-electron chi connectivity index (χ1n) is 7.74. The SMILES string of the molecule is CCc1cccc(C)c1NC(=O)COC(=O)CSCc1cccs1. The molecule has 0 spiro atoms. The third kappa shape index (κ3) is 5.69. The standard InChI is InChI=1S/C18H21NO3S2/c1-3-14-7-4-6-13(2)18(14)19-16(20)10-22-17(21)12-23-11-15-8-5-9-24-15/h4-9H,3,10-12H2,1-2H3,(H,19,20). The molecule has 1 heterocycles. The van der Waals surface area contributed by atoms with Gasteiger partial charge < -0.3 is 10.1 Å². The first kappa shape index (κ1) is 18.5. The second kappa shape index (κ2) is 9.49. The van der Waals surface area contributed by atoms with E-state index in [4.69, 9.17) is 4.74 Å². The van der Waals surface area contributed by atoms with Crippen molar-refractivity contribution in [1.29, 1.82) is 0 Å². The van der Waals surface area contributed by atoms with Crippen LogP contribution in [0.5, 0.6) is 0 Å². The van der Waals surface area contributed by atoms with Gasteiger partial charge in [-0.25, -0.2) is 0 Å². The molecule has 0 saturated heterocycles. The Balaban J connectivity index is 1.74. The van der Waals surface area contributed by atoms with E-state index in [1.165, 1.54) is 16.6 Å². The molecule has 6 heteroatoms. The number of anilines is 1. The number of rotatable bonds is 8. The minimum absolute atomic E-state index is 0.246. The van der Waals surface area contributed by atoms with Crippen molar-refractivity contribution in [2.24, 2.45) is 0 Å². The van der Waals surface area contributed by atoms with Gasteiger partial charge in [0.05, 0.1) is 5.75 Å². The molecule has 24 heavy (non-hydrogen) atoms. The molecule has 0 aliphatic heterocycles. The summed E-state index contributed by atoms with van der Waals surface area (Å²) in [4.78, 5) is 24.9. The third-order valence-electron chi connectivity index (χ3n) is 3.41. The highest BCUT2D eigenvalue weighted by Gasteiger charge is 2.11. The Hall–Kier alpha value is -1.79. The fraction of sp³-hybridized carbons (Fsp3) is 0.333. The van der Waals surface area contributed by atoms with E-state index >= 15 is 0 Å². The summed E-state index contributed by atoms with van der Waals surface area (Å²) in [5, 5.41) is 4.85. The van der Waals surface area contributed by atoms with Gasteiger partial charge in [-0.2, -0.15) is 0 Å². The van der Waals surface area contributed by atoms with E-state index in [1.54, 1.807) is 11.3 Å². The summed E-state index contributed by atoms with van der Waals surface area (Å²) >= 11 is 3.15. The number of thiophene rings is 1.